The van der Waals surface area contributed by atoms with Crippen molar-refractivity contribution < 1.29 is 9.59 Å². The van der Waals surface area contributed by atoms with E-state index < -0.39 is 0 Å². The average Bonchev–Trinajstić information content (AvgIpc) is 2.95. The summed E-state index contributed by atoms with van der Waals surface area (Å²) in [5, 5.41) is 3.20. The number of carbonyl (C=O) groups is 2. The second-order valence-electron chi connectivity index (χ2n) is 6.35. The molecule has 0 unspecified atom stereocenters. The Morgan fingerprint density at radius 2 is 2.30 bits per heavy atom. The number of amides is 2. The molecule has 0 spiro atoms. The van der Waals surface area contributed by atoms with Gasteiger partial charge in [0, 0.05) is 23.6 Å². The van der Waals surface area contributed by atoms with Crippen LogP contribution < -0.4 is 5.32 Å². The lowest BCUT2D eigenvalue weighted by molar-refractivity contribution is -0.137. The molecule has 1 aromatic rings. The van der Waals surface area contributed by atoms with Crippen LogP contribution >= 0.6 is 11.8 Å². The maximum Gasteiger partial charge on any atom is 0.243 e. The number of benzene rings is 1. The van der Waals surface area contributed by atoms with Crippen LogP contribution in [0.5, 0.6) is 0 Å². The molecule has 0 saturated carbocycles. The van der Waals surface area contributed by atoms with Crippen LogP contribution in [0.2, 0.25) is 0 Å². The van der Waals surface area contributed by atoms with Crippen molar-refractivity contribution in [2.75, 3.05) is 12.3 Å². The molecule has 2 aliphatic heterocycles. The van der Waals surface area contributed by atoms with E-state index >= 15 is 0 Å². The van der Waals surface area contributed by atoms with Crippen LogP contribution in [-0.4, -0.2) is 35.1 Å². The topological polar surface area (TPSA) is 49.4 Å². The monoisotopic (exact) mass is 332 g/mol. The van der Waals surface area contributed by atoms with E-state index in [1.807, 2.05) is 18.7 Å². The number of aryl methyl sites for hydroxylation is 1. The van der Waals surface area contributed by atoms with Gasteiger partial charge in [-0.25, -0.2) is 0 Å². The standard InChI is InChI=1S/C18H24N2O2S/c1-3-15(20-9-4-5-17(20)21)18(22)19-14-8-10-23-16-7-6-12(2)11-13(14)16/h6-7,11,14-15H,3-5,8-10H2,1-2H3,(H,19,22)/t14-,15+/m0/s1. The first-order valence-electron chi connectivity index (χ1n) is 8.43. The molecule has 1 N–H and O–H groups in total. The van der Waals surface area contributed by atoms with E-state index in [-0.39, 0.29) is 23.9 Å². The maximum atomic E-state index is 12.8. The van der Waals surface area contributed by atoms with E-state index in [1.54, 1.807) is 4.90 Å². The summed E-state index contributed by atoms with van der Waals surface area (Å²) in [5.74, 6) is 1.12. The molecule has 3 rings (SSSR count). The summed E-state index contributed by atoms with van der Waals surface area (Å²) in [6.07, 6.45) is 3.05. The fourth-order valence-corrected chi connectivity index (χ4v) is 4.58. The van der Waals surface area contributed by atoms with Gasteiger partial charge >= 0.3 is 0 Å². The largest absolute Gasteiger partial charge is 0.347 e. The molecule has 5 heteroatoms. The van der Waals surface area contributed by atoms with Crippen LogP contribution in [0.4, 0.5) is 0 Å². The van der Waals surface area contributed by atoms with E-state index in [9.17, 15) is 9.59 Å². The fourth-order valence-electron chi connectivity index (χ4n) is 3.48. The second kappa shape index (κ2) is 6.95. The third-order valence-corrected chi connectivity index (χ3v) is 5.82. The highest BCUT2D eigenvalue weighted by Gasteiger charge is 2.33. The number of fused-ring (bicyclic) bond motifs is 1. The zero-order valence-corrected chi connectivity index (χ0v) is 14.6. The summed E-state index contributed by atoms with van der Waals surface area (Å²) >= 11 is 1.85. The third-order valence-electron chi connectivity index (χ3n) is 4.70. The minimum absolute atomic E-state index is 0.00731. The zero-order valence-electron chi connectivity index (χ0n) is 13.8. The summed E-state index contributed by atoms with van der Waals surface area (Å²) in [6.45, 7) is 4.77. The van der Waals surface area contributed by atoms with E-state index in [0.717, 1.165) is 18.6 Å². The van der Waals surface area contributed by atoms with Crippen LogP contribution in [-0.2, 0) is 9.59 Å². The molecule has 1 aromatic carbocycles. The van der Waals surface area contributed by atoms with Gasteiger partial charge in [0.05, 0.1) is 6.04 Å². The van der Waals surface area contributed by atoms with Gasteiger partial charge in [-0.2, -0.15) is 0 Å². The molecule has 2 atom stereocenters. The predicted molar refractivity (Wildman–Crippen MR) is 92.4 cm³/mol. The number of thioether (sulfide) groups is 1. The molecule has 1 saturated heterocycles. The van der Waals surface area contributed by atoms with Gasteiger partial charge < -0.3 is 10.2 Å². The van der Waals surface area contributed by atoms with E-state index in [4.69, 9.17) is 0 Å². The smallest absolute Gasteiger partial charge is 0.243 e. The molecule has 2 aliphatic rings. The summed E-state index contributed by atoms with van der Waals surface area (Å²) in [6, 6.07) is 6.18. The predicted octanol–water partition coefficient (Wildman–Crippen LogP) is 3.05. The Morgan fingerprint density at radius 3 is 3.00 bits per heavy atom. The molecular weight excluding hydrogens is 308 g/mol. The molecule has 0 aromatic heterocycles. The number of carbonyl (C=O) groups excluding carboxylic acids is 2. The van der Waals surface area contributed by atoms with Gasteiger partial charge in [-0.05, 0) is 37.8 Å². The van der Waals surface area contributed by atoms with Gasteiger partial charge in [-0.15, -0.1) is 11.8 Å². The van der Waals surface area contributed by atoms with Gasteiger partial charge in [0.2, 0.25) is 11.8 Å². The van der Waals surface area contributed by atoms with Crippen LogP contribution in [0.1, 0.15) is 49.8 Å². The normalized spacial score (nSPS) is 21.9. The average molecular weight is 332 g/mol. The lowest BCUT2D eigenvalue weighted by atomic mass is 10.0. The van der Waals surface area contributed by atoms with Crippen molar-refractivity contribution in [1.82, 2.24) is 10.2 Å². The van der Waals surface area contributed by atoms with Crippen molar-refractivity contribution in [1.29, 1.82) is 0 Å². The first kappa shape index (κ1) is 16.4. The first-order valence-corrected chi connectivity index (χ1v) is 9.42. The van der Waals surface area contributed by atoms with Crippen LogP contribution in [0, 0.1) is 6.92 Å². The van der Waals surface area contributed by atoms with E-state index in [0.29, 0.717) is 19.4 Å². The van der Waals surface area contributed by atoms with Crippen LogP contribution in [0.3, 0.4) is 0 Å². The van der Waals surface area contributed by atoms with Crippen molar-refractivity contribution in [3.05, 3.63) is 29.3 Å². The summed E-state index contributed by atoms with van der Waals surface area (Å²) in [4.78, 5) is 27.7. The number of hydrogen-bond acceptors (Lipinski definition) is 3. The minimum atomic E-state index is -0.326. The third kappa shape index (κ3) is 3.39. The molecule has 2 amide bonds. The Balaban J connectivity index is 1.75. The van der Waals surface area contributed by atoms with Crippen LogP contribution in [0.25, 0.3) is 0 Å². The first-order chi connectivity index (χ1) is 11.1. The Hall–Kier alpha value is -1.49. The van der Waals surface area contributed by atoms with Crippen molar-refractivity contribution in [2.45, 2.75) is 56.5 Å². The van der Waals surface area contributed by atoms with E-state index in [2.05, 4.69) is 30.4 Å². The maximum absolute atomic E-state index is 12.8. The van der Waals surface area contributed by atoms with Gasteiger partial charge in [0.15, 0.2) is 0 Å². The molecule has 23 heavy (non-hydrogen) atoms. The minimum Gasteiger partial charge on any atom is -0.347 e. The number of nitrogens with zero attached hydrogens (tertiary/aromatic N) is 1. The number of nitrogens with one attached hydrogen (secondary N) is 1. The lowest BCUT2D eigenvalue weighted by Crippen LogP contribution is -2.48. The number of likely N-dealkylation sites (tertiary alicyclic amines) is 1. The molecule has 0 radical (unpaired) electrons. The van der Waals surface area contributed by atoms with Gasteiger partial charge in [-0.1, -0.05) is 24.6 Å². The molecule has 0 bridgehead atoms. The highest BCUT2D eigenvalue weighted by Crippen LogP contribution is 2.36. The number of hydrogen-bond donors (Lipinski definition) is 1. The van der Waals surface area contributed by atoms with Crippen molar-refractivity contribution >= 4 is 23.6 Å². The van der Waals surface area contributed by atoms with Gasteiger partial charge in [0.1, 0.15) is 6.04 Å². The van der Waals surface area contributed by atoms with Crippen molar-refractivity contribution in [2.24, 2.45) is 0 Å². The number of rotatable bonds is 4. The molecule has 2 heterocycles. The van der Waals surface area contributed by atoms with Crippen LogP contribution in [0.15, 0.2) is 23.1 Å². The van der Waals surface area contributed by atoms with Gasteiger partial charge in [0.25, 0.3) is 0 Å². The Kier molecular flexibility index (Phi) is 4.95. The highest BCUT2D eigenvalue weighted by atomic mass is 32.2. The van der Waals surface area contributed by atoms with E-state index in [1.165, 1.54) is 16.0 Å². The van der Waals surface area contributed by atoms with Crippen molar-refractivity contribution in [3.8, 4) is 0 Å². The highest BCUT2D eigenvalue weighted by molar-refractivity contribution is 7.99. The summed E-state index contributed by atoms with van der Waals surface area (Å²) < 4.78 is 0. The Labute approximate surface area is 142 Å². The SMILES string of the molecule is CC[C@H](C(=O)N[C@H]1CCSc2ccc(C)cc21)N1CCCC1=O. The zero-order chi connectivity index (χ0) is 16.4. The molecule has 1 fully saturated rings. The molecule has 0 aliphatic carbocycles. The Morgan fingerprint density at radius 1 is 1.48 bits per heavy atom. The lowest BCUT2D eigenvalue weighted by Gasteiger charge is -2.31. The van der Waals surface area contributed by atoms with Gasteiger partial charge in [-0.3, -0.25) is 9.59 Å². The summed E-state index contributed by atoms with van der Waals surface area (Å²) in [5.41, 5.74) is 2.43. The summed E-state index contributed by atoms with van der Waals surface area (Å²) in [7, 11) is 0. The molecule has 4 nitrogen and oxygen atoms in total. The molecule has 124 valence electrons. The second-order valence-corrected chi connectivity index (χ2v) is 7.49. The molecular formula is C18H24N2O2S. The van der Waals surface area contributed by atoms with Crippen molar-refractivity contribution in [3.63, 3.8) is 0 Å². The quantitative estimate of drug-likeness (QED) is 0.922. The fraction of sp³-hybridized carbons (Fsp3) is 0.556. The Bertz CT molecular complexity index is 617.